The van der Waals surface area contributed by atoms with Crippen molar-refractivity contribution in [3.8, 4) is 0 Å². The second kappa shape index (κ2) is 5.54. The summed E-state index contributed by atoms with van der Waals surface area (Å²) in [5, 5.41) is 20.9. The molecule has 0 radical (unpaired) electrons. The first-order valence-electron chi connectivity index (χ1n) is 4.86. The van der Waals surface area contributed by atoms with Gasteiger partial charge in [-0.3, -0.25) is 0 Å². The van der Waals surface area contributed by atoms with Gasteiger partial charge in [-0.05, 0) is 19.8 Å². The van der Waals surface area contributed by atoms with Crippen molar-refractivity contribution in [3.63, 3.8) is 0 Å². The minimum absolute atomic E-state index is 0.192. The smallest absolute Gasteiger partial charge is 0.100 e. The number of nitrogens with one attached hydrogen (secondary N) is 1. The zero-order chi connectivity index (χ0) is 9.68. The first-order valence-corrected chi connectivity index (χ1v) is 4.86. The van der Waals surface area contributed by atoms with E-state index in [0.29, 0.717) is 6.04 Å². The summed E-state index contributed by atoms with van der Waals surface area (Å²) in [5.41, 5.74) is 0. The van der Waals surface area contributed by atoms with Crippen LogP contribution in [-0.2, 0) is 4.74 Å². The van der Waals surface area contributed by atoms with Crippen LogP contribution in [-0.4, -0.2) is 48.2 Å². The van der Waals surface area contributed by atoms with Crippen molar-refractivity contribution in [2.45, 2.75) is 38.0 Å². The summed E-state index contributed by atoms with van der Waals surface area (Å²) in [6.45, 7) is 3.01. The quantitative estimate of drug-likeness (QED) is 0.558. The lowest BCUT2D eigenvalue weighted by Gasteiger charge is -2.28. The minimum Gasteiger partial charge on any atom is -0.394 e. The molecule has 0 aromatic rings. The van der Waals surface area contributed by atoms with Gasteiger partial charge in [-0.15, -0.1) is 0 Å². The summed E-state index contributed by atoms with van der Waals surface area (Å²) in [5.74, 6) is 0. The maximum Gasteiger partial charge on any atom is 0.100 e. The lowest BCUT2D eigenvalue weighted by atomic mass is 10.0. The number of aliphatic hydroxyl groups excluding tert-OH is 2. The highest BCUT2D eigenvalue weighted by Crippen LogP contribution is 2.10. The Morgan fingerprint density at radius 1 is 1.54 bits per heavy atom. The van der Waals surface area contributed by atoms with Crippen molar-refractivity contribution in [1.82, 2.24) is 5.32 Å². The van der Waals surface area contributed by atoms with Crippen molar-refractivity contribution >= 4 is 0 Å². The van der Waals surface area contributed by atoms with Gasteiger partial charge in [0.15, 0.2) is 0 Å². The Labute approximate surface area is 78.9 Å². The van der Waals surface area contributed by atoms with Gasteiger partial charge in [0.2, 0.25) is 0 Å². The number of aliphatic hydroxyl groups is 2. The van der Waals surface area contributed by atoms with E-state index in [1.807, 2.05) is 0 Å². The summed E-state index contributed by atoms with van der Waals surface area (Å²) < 4.78 is 5.41. The third-order valence-corrected chi connectivity index (χ3v) is 2.35. The van der Waals surface area contributed by atoms with E-state index in [0.717, 1.165) is 19.4 Å². The van der Waals surface area contributed by atoms with Gasteiger partial charge in [0.1, 0.15) is 6.10 Å². The average molecular weight is 189 g/mol. The first-order chi connectivity index (χ1) is 6.22. The monoisotopic (exact) mass is 189 g/mol. The summed E-state index contributed by atoms with van der Waals surface area (Å²) in [7, 11) is 0. The van der Waals surface area contributed by atoms with Crippen LogP contribution < -0.4 is 5.32 Å². The number of hydrogen-bond acceptors (Lipinski definition) is 4. The second-order valence-electron chi connectivity index (χ2n) is 3.68. The standard InChI is InChI=1S/C9H19NO3/c1-7-2-3-9(4-10-7)13-6-8(12)5-11/h7-12H,2-6H2,1H3. The molecule has 13 heavy (non-hydrogen) atoms. The molecule has 0 saturated carbocycles. The van der Waals surface area contributed by atoms with E-state index in [2.05, 4.69) is 12.2 Å². The van der Waals surface area contributed by atoms with Crippen LogP contribution in [0.2, 0.25) is 0 Å². The molecule has 1 fully saturated rings. The normalized spacial score (nSPS) is 31.6. The van der Waals surface area contributed by atoms with Crippen LogP contribution in [0.3, 0.4) is 0 Å². The number of piperidine rings is 1. The van der Waals surface area contributed by atoms with Crippen LogP contribution in [0.5, 0.6) is 0 Å². The molecule has 0 aromatic carbocycles. The lowest BCUT2D eigenvalue weighted by Crippen LogP contribution is -2.42. The molecule has 1 saturated heterocycles. The Bertz CT molecular complexity index is 135. The molecular formula is C9H19NO3. The zero-order valence-electron chi connectivity index (χ0n) is 8.07. The summed E-state index contributed by atoms with van der Waals surface area (Å²) >= 11 is 0. The fourth-order valence-corrected chi connectivity index (χ4v) is 1.41. The van der Waals surface area contributed by atoms with Crippen LogP contribution in [0.25, 0.3) is 0 Å². The molecule has 0 aliphatic carbocycles. The molecule has 4 nitrogen and oxygen atoms in total. The predicted molar refractivity (Wildman–Crippen MR) is 49.5 cm³/mol. The zero-order valence-corrected chi connectivity index (χ0v) is 8.07. The molecule has 1 heterocycles. The van der Waals surface area contributed by atoms with E-state index in [-0.39, 0.29) is 19.3 Å². The number of rotatable bonds is 4. The molecule has 1 aliphatic heterocycles. The first kappa shape index (κ1) is 10.9. The Morgan fingerprint density at radius 3 is 2.85 bits per heavy atom. The fraction of sp³-hybridized carbons (Fsp3) is 1.00. The SMILES string of the molecule is CC1CCC(OCC(O)CO)CN1. The maximum atomic E-state index is 9.05. The highest BCUT2D eigenvalue weighted by Gasteiger charge is 2.18. The highest BCUT2D eigenvalue weighted by molar-refractivity contribution is 4.75. The third kappa shape index (κ3) is 4.04. The minimum atomic E-state index is -0.737. The molecule has 3 unspecified atom stereocenters. The van der Waals surface area contributed by atoms with Crippen molar-refractivity contribution < 1.29 is 14.9 Å². The Hall–Kier alpha value is -0.160. The van der Waals surface area contributed by atoms with E-state index in [9.17, 15) is 0 Å². The fourth-order valence-electron chi connectivity index (χ4n) is 1.41. The molecule has 3 atom stereocenters. The molecule has 3 N–H and O–H groups in total. The average Bonchev–Trinajstić information content (AvgIpc) is 2.16. The van der Waals surface area contributed by atoms with Crippen molar-refractivity contribution in [2.75, 3.05) is 19.8 Å². The Balaban J connectivity index is 2.08. The predicted octanol–water partition coefficient (Wildman–Crippen LogP) is -0.503. The van der Waals surface area contributed by atoms with Gasteiger partial charge in [-0.25, -0.2) is 0 Å². The second-order valence-corrected chi connectivity index (χ2v) is 3.68. The lowest BCUT2D eigenvalue weighted by molar-refractivity contribution is -0.0376. The Morgan fingerprint density at radius 2 is 2.31 bits per heavy atom. The third-order valence-electron chi connectivity index (χ3n) is 2.35. The summed E-state index contributed by atoms with van der Waals surface area (Å²) in [6.07, 6.45) is 1.60. The molecule has 0 amide bonds. The van der Waals surface area contributed by atoms with Crippen LogP contribution in [0.1, 0.15) is 19.8 Å². The molecule has 4 heteroatoms. The Kier molecular flexibility index (Phi) is 4.66. The topological polar surface area (TPSA) is 61.7 Å². The van der Waals surface area contributed by atoms with Gasteiger partial charge < -0.3 is 20.3 Å². The van der Waals surface area contributed by atoms with Crippen molar-refractivity contribution in [3.05, 3.63) is 0 Å². The van der Waals surface area contributed by atoms with Gasteiger partial charge in [0.25, 0.3) is 0 Å². The van der Waals surface area contributed by atoms with E-state index >= 15 is 0 Å². The molecule has 1 rings (SSSR count). The van der Waals surface area contributed by atoms with Gasteiger partial charge in [0, 0.05) is 12.6 Å². The van der Waals surface area contributed by atoms with Crippen LogP contribution in [0.4, 0.5) is 0 Å². The molecule has 0 bridgehead atoms. The van der Waals surface area contributed by atoms with E-state index in [4.69, 9.17) is 14.9 Å². The number of ether oxygens (including phenoxy) is 1. The number of hydrogen-bond donors (Lipinski definition) is 3. The van der Waals surface area contributed by atoms with Gasteiger partial charge in [-0.1, -0.05) is 0 Å². The molecule has 0 spiro atoms. The largest absolute Gasteiger partial charge is 0.394 e. The molecular weight excluding hydrogens is 170 g/mol. The maximum absolute atomic E-state index is 9.05. The van der Waals surface area contributed by atoms with Crippen LogP contribution in [0, 0.1) is 0 Å². The molecule has 0 aromatic heterocycles. The van der Waals surface area contributed by atoms with E-state index in [1.165, 1.54) is 0 Å². The highest BCUT2D eigenvalue weighted by atomic mass is 16.5. The molecule has 1 aliphatic rings. The molecule has 78 valence electrons. The van der Waals surface area contributed by atoms with Crippen molar-refractivity contribution in [1.29, 1.82) is 0 Å². The van der Waals surface area contributed by atoms with Crippen LogP contribution >= 0.6 is 0 Å². The van der Waals surface area contributed by atoms with E-state index in [1.54, 1.807) is 0 Å². The van der Waals surface area contributed by atoms with Gasteiger partial charge in [0.05, 0.1) is 19.3 Å². The van der Waals surface area contributed by atoms with Gasteiger partial charge >= 0.3 is 0 Å². The summed E-state index contributed by atoms with van der Waals surface area (Å²) in [4.78, 5) is 0. The van der Waals surface area contributed by atoms with Crippen LogP contribution in [0.15, 0.2) is 0 Å². The van der Waals surface area contributed by atoms with Gasteiger partial charge in [-0.2, -0.15) is 0 Å². The summed E-state index contributed by atoms with van der Waals surface area (Å²) in [6, 6.07) is 0.572. The van der Waals surface area contributed by atoms with Crippen molar-refractivity contribution in [2.24, 2.45) is 0 Å². The van der Waals surface area contributed by atoms with E-state index < -0.39 is 6.10 Å².